The van der Waals surface area contributed by atoms with E-state index in [2.05, 4.69) is 10.6 Å². The van der Waals surface area contributed by atoms with Crippen molar-refractivity contribution >= 4 is 21.7 Å². The molecule has 1 aliphatic carbocycles. The quantitative estimate of drug-likeness (QED) is 0.667. The van der Waals surface area contributed by atoms with Crippen molar-refractivity contribution in [3.63, 3.8) is 0 Å². The third-order valence-corrected chi connectivity index (χ3v) is 5.45. The predicted molar refractivity (Wildman–Crippen MR) is 100 cm³/mol. The van der Waals surface area contributed by atoms with E-state index in [0.717, 1.165) is 12.1 Å². The minimum Gasteiger partial charge on any atom is -0.493 e. The van der Waals surface area contributed by atoms with Gasteiger partial charge in [0.15, 0.2) is 11.5 Å². The van der Waals surface area contributed by atoms with E-state index in [-0.39, 0.29) is 16.6 Å². The smallest absolute Gasteiger partial charge is 0.339 e. The van der Waals surface area contributed by atoms with Crippen LogP contribution in [-0.2, 0) is 21.5 Å². The van der Waals surface area contributed by atoms with Crippen LogP contribution in [0.4, 0.5) is 5.69 Å². The van der Waals surface area contributed by atoms with Gasteiger partial charge in [0.1, 0.15) is 11.4 Å². The molecular weight excluding hydrogens is 368 g/mol. The molecule has 1 fully saturated rings. The molecule has 0 atom stereocenters. The highest BCUT2D eigenvalue weighted by Gasteiger charge is 2.25. The third-order valence-electron chi connectivity index (χ3n) is 4.20. The summed E-state index contributed by atoms with van der Waals surface area (Å²) in [5, 5.41) is 4.83. The fourth-order valence-corrected chi connectivity index (χ4v) is 3.55. The van der Waals surface area contributed by atoms with E-state index in [0.29, 0.717) is 17.5 Å². The van der Waals surface area contributed by atoms with Gasteiger partial charge in [0.2, 0.25) is 5.91 Å². The molecule has 0 saturated heterocycles. The number of carbonyl (C=O) groups is 1. The minimum atomic E-state index is -4.03. The molecule has 0 unspecified atom stereocenters. The first-order valence-corrected chi connectivity index (χ1v) is 10.1. The SMILES string of the molecule is COc1ccc(C[NH2+]C2CC2)cc1OS(=O)(=O)c1ccc(NC(C)=O)cc1. The van der Waals surface area contributed by atoms with Gasteiger partial charge in [-0.3, -0.25) is 4.79 Å². The summed E-state index contributed by atoms with van der Waals surface area (Å²) in [6.45, 7) is 2.14. The van der Waals surface area contributed by atoms with Crippen LogP contribution in [0.5, 0.6) is 11.5 Å². The maximum atomic E-state index is 12.6. The molecule has 0 heterocycles. The van der Waals surface area contributed by atoms with Gasteiger partial charge in [0.05, 0.1) is 13.2 Å². The minimum absolute atomic E-state index is 0.00592. The molecule has 1 amide bonds. The molecule has 7 nitrogen and oxygen atoms in total. The molecular formula is C19H23N2O5S+. The van der Waals surface area contributed by atoms with Crippen molar-refractivity contribution in [2.75, 3.05) is 12.4 Å². The second-order valence-corrected chi connectivity index (χ2v) is 8.05. The first kappa shape index (κ1) is 19.2. The first-order valence-electron chi connectivity index (χ1n) is 8.70. The highest BCUT2D eigenvalue weighted by molar-refractivity contribution is 7.87. The predicted octanol–water partition coefficient (Wildman–Crippen LogP) is 1.65. The van der Waals surface area contributed by atoms with Gasteiger partial charge in [-0.05, 0) is 42.5 Å². The van der Waals surface area contributed by atoms with Gasteiger partial charge in [-0.25, -0.2) is 0 Å². The number of quaternary nitrogens is 1. The molecule has 27 heavy (non-hydrogen) atoms. The summed E-state index contributed by atoms with van der Waals surface area (Å²) in [6.07, 6.45) is 2.45. The van der Waals surface area contributed by atoms with Crippen LogP contribution < -0.4 is 19.6 Å². The van der Waals surface area contributed by atoms with Crippen LogP contribution in [0.1, 0.15) is 25.3 Å². The summed E-state index contributed by atoms with van der Waals surface area (Å²) >= 11 is 0. The van der Waals surface area contributed by atoms with E-state index < -0.39 is 10.1 Å². The Labute approximate surface area is 158 Å². The van der Waals surface area contributed by atoms with Crippen LogP contribution in [0.3, 0.4) is 0 Å². The highest BCUT2D eigenvalue weighted by atomic mass is 32.2. The van der Waals surface area contributed by atoms with Crippen molar-refractivity contribution in [3.8, 4) is 11.5 Å². The van der Waals surface area contributed by atoms with E-state index in [1.807, 2.05) is 6.07 Å². The third kappa shape index (κ3) is 5.21. The Bertz CT molecular complexity index is 922. The van der Waals surface area contributed by atoms with E-state index in [1.54, 1.807) is 12.1 Å². The van der Waals surface area contributed by atoms with E-state index >= 15 is 0 Å². The Kier molecular flexibility index (Phi) is 5.67. The Morgan fingerprint density at radius 3 is 2.44 bits per heavy atom. The zero-order valence-corrected chi connectivity index (χ0v) is 16.1. The molecule has 2 aromatic rings. The zero-order chi connectivity index (χ0) is 19.4. The van der Waals surface area contributed by atoms with Crippen molar-refractivity contribution in [1.29, 1.82) is 0 Å². The number of hydrogen-bond donors (Lipinski definition) is 2. The van der Waals surface area contributed by atoms with Gasteiger partial charge in [0, 0.05) is 31.0 Å². The van der Waals surface area contributed by atoms with Crippen molar-refractivity contribution < 1.29 is 27.4 Å². The summed E-state index contributed by atoms with van der Waals surface area (Å²) in [4.78, 5) is 11.1. The average molecular weight is 391 g/mol. The molecule has 2 aromatic carbocycles. The molecule has 3 N–H and O–H groups in total. The molecule has 144 valence electrons. The number of hydrogen-bond acceptors (Lipinski definition) is 5. The lowest BCUT2D eigenvalue weighted by molar-refractivity contribution is -0.683. The summed E-state index contributed by atoms with van der Waals surface area (Å²) in [5.41, 5.74) is 1.48. The monoisotopic (exact) mass is 391 g/mol. The standard InChI is InChI=1S/C19H22N2O5S/c1-13(22)21-16-6-8-17(9-7-16)27(23,24)26-19-11-14(3-10-18(19)25-2)12-20-15-4-5-15/h3,6-11,15,20H,4-5,12H2,1-2H3,(H,21,22)/p+1. The number of anilines is 1. The second kappa shape index (κ2) is 7.98. The average Bonchev–Trinajstić information content (AvgIpc) is 3.44. The molecule has 1 aliphatic rings. The lowest BCUT2D eigenvalue weighted by Gasteiger charge is -2.12. The molecule has 3 rings (SSSR count). The van der Waals surface area contributed by atoms with Crippen molar-refractivity contribution in [3.05, 3.63) is 48.0 Å². The van der Waals surface area contributed by atoms with Crippen molar-refractivity contribution in [1.82, 2.24) is 0 Å². The van der Waals surface area contributed by atoms with Crippen LogP contribution >= 0.6 is 0 Å². The molecule has 8 heteroatoms. The Morgan fingerprint density at radius 1 is 1.15 bits per heavy atom. The second-order valence-electron chi connectivity index (χ2n) is 6.51. The van der Waals surface area contributed by atoms with Gasteiger partial charge in [-0.15, -0.1) is 0 Å². The zero-order valence-electron chi connectivity index (χ0n) is 15.3. The van der Waals surface area contributed by atoms with Crippen LogP contribution in [0.25, 0.3) is 0 Å². The van der Waals surface area contributed by atoms with Gasteiger partial charge in [-0.1, -0.05) is 0 Å². The molecule has 0 aliphatic heterocycles. The molecule has 0 aromatic heterocycles. The summed E-state index contributed by atoms with van der Waals surface area (Å²) < 4.78 is 35.8. The summed E-state index contributed by atoms with van der Waals surface area (Å²) in [6, 6.07) is 11.8. The van der Waals surface area contributed by atoms with E-state index in [9.17, 15) is 13.2 Å². The number of carbonyl (C=O) groups excluding carboxylic acids is 1. The highest BCUT2D eigenvalue weighted by Crippen LogP contribution is 2.31. The fraction of sp³-hybridized carbons (Fsp3) is 0.316. The number of methoxy groups -OCH3 is 1. The maximum absolute atomic E-state index is 12.6. The van der Waals surface area contributed by atoms with Crippen molar-refractivity contribution in [2.24, 2.45) is 0 Å². The molecule has 1 saturated carbocycles. The van der Waals surface area contributed by atoms with Crippen LogP contribution in [0.15, 0.2) is 47.4 Å². The summed E-state index contributed by atoms with van der Waals surface area (Å²) in [7, 11) is -2.56. The van der Waals surface area contributed by atoms with Crippen LogP contribution in [0, 0.1) is 0 Å². The topological polar surface area (TPSA) is 98.3 Å². The molecule has 0 bridgehead atoms. The largest absolute Gasteiger partial charge is 0.493 e. The number of benzene rings is 2. The molecule has 0 radical (unpaired) electrons. The van der Waals surface area contributed by atoms with Crippen LogP contribution in [-0.4, -0.2) is 27.5 Å². The van der Waals surface area contributed by atoms with Gasteiger partial charge in [-0.2, -0.15) is 8.42 Å². The number of rotatable bonds is 8. The Balaban J connectivity index is 1.78. The molecule has 0 spiro atoms. The first-order chi connectivity index (χ1) is 12.9. The van der Waals surface area contributed by atoms with Crippen molar-refractivity contribution in [2.45, 2.75) is 37.2 Å². The number of nitrogens with two attached hydrogens (primary N) is 1. The maximum Gasteiger partial charge on any atom is 0.339 e. The van der Waals surface area contributed by atoms with Crippen LogP contribution in [0.2, 0.25) is 0 Å². The Morgan fingerprint density at radius 2 is 1.85 bits per heavy atom. The number of amides is 1. The van der Waals surface area contributed by atoms with Gasteiger partial charge in [0.25, 0.3) is 0 Å². The normalized spacial score (nSPS) is 13.9. The summed E-state index contributed by atoms with van der Waals surface area (Å²) in [5.74, 6) is 0.278. The van der Waals surface area contributed by atoms with Gasteiger partial charge < -0.3 is 19.6 Å². The number of nitrogens with one attached hydrogen (secondary N) is 1. The number of ether oxygens (including phenoxy) is 1. The Hall–Kier alpha value is -2.58. The fourth-order valence-electron chi connectivity index (χ4n) is 2.62. The van der Waals surface area contributed by atoms with E-state index in [4.69, 9.17) is 8.92 Å². The van der Waals surface area contributed by atoms with E-state index in [1.165, 1.54) is 51.1 Å². The lowest BCUT2D eigenvalue weighted by Crippen LogP contribution is -2.84. The van der Waals surface area contributed by atoms with Gasteiger partial charge >= 0.3 is 10.1 Å². The lowest BCUT2D eigenvalue weighted by atomic mass is 10.2.